The number of amides is 4. The van der Waals surface area contributed by atoms with Crippen LogP contribution in [-0.4, -0.2) is 66.8 Å². The van der Waals surface area contributed by atoms with E-state index >= 15 is 0 Å². The molecule has 0 bridgehead atoms. The van der Waals surface area contributed by atoms with Crippen molar-refractivity contribution in [3.63, 3.8) is 0 Å². The van der Waals surface area contributed by atoms with E-state index in [0.717, 1.165) is 19.3 Å². The van der Waals surface area contributed by atoms with Crippen LogP contribution in [0.25, 0.3) is 0 Å². The zero-order chi connectivity index (χ0) is 27.5. The Morgan fingerprint density at radius 3 is 1.97 bits per heavy atom. The van der Waals surface area contributed by atoms with Crippen molar-refractivity contribution in [2.75, 3.05) is 13.7 Å². The Kier molecular flexibility index (Phi) is 13.1. The molecule has 0 spiro atoms. The van der Waals surface area contributed by atoms with Crippen LogP contribution in [0.1, 0.15) is 86.5 Å². The summed E-state index contributed by atoms with van der Waals surface area (Å²) in [5.41, 5.74) is -0.904. The lowest BCUT2D eigenvalue weighted by Gasteiger charge is -2.27. The number of ether oxygens (including phenoxy) is 1. The maximum absolute atomic E-state index is 13.3. The fourth-order valence-electron chi connectivity index (χ4n) is 3.84. The predicted molar refractivity (Wildman–Crippen MR) is 137 cm³/mol. The van der Waals surface area contributed by atoms with E-state index in [9.17, 15) is 24.0 Å². The van der Waals surface area contributed by atoms with Crippen LogP contribution < -0.4 is 21.3 Å². The fraction of sp³-hybridized carbons (Fsp3) is 0.808. The molecule has 0 saturated carbocycles. The Bertz CT molecular complexity index is 778. The summed E-state index contributed by atoms with van der Waals surface area (Å²) in [6.07, 6.45) is 3.44. The molecule has 10 heteroatoms. The molecule has 206 valence electrons. The van der Waals surface area contributed by atoms with Gasteiger partial charge in [0.15, 0.2) is 5.78 Å². The second kappa shape index (κ2) is 14.9. The van der Waals surface area contributed by atoms with Gasteiger partial charge in [0.2, 0.25) is 23.6 Å². The standard InChI is InChI=1S/C26H46N4O6/c1-8-9-10-11-21(32)30-22(17(4)5)25(35)28-18(12-13-20(31)27-7)24(34)29-19(14-16(2)3)23(33)26(6)15-36-26/h16-19,22H,8-15H2,1-7H3,(H,27,31)(H,28,35)(H,29,34)(H,30,32). The van der Waals surface area contributed by atoms with Crippen molar-refractivity contribution < 1.29 is 28.7 Å². The summed E-state index contributed by atoms with van der Waals surface area (Å²) in [6.45, 7) is 11.6. The molecular weight excluding hydrogens is 464 g/mol. The number of Topliss-reactive ketones (excluding diaryl/α,β-unsaturated/α-hetero) is 1. The Labute approximate surface area is 215 Å². The van der Waals surface area contributed by atoms with Crippen molar-refractivity contribution in [1.29, 1.82) is 0 Å². The zero-order valence-corrected chi connectivity index (χ0v) is 23.0. The molecular formula is C26H46N4O6. The molecule has 4 atom stereocenters. The zero-order valence-electron chi connectivity index (χ0n) is 23.0. The smallest absolute Gasteiger partial charge is 0.243 e. The minimum Gasteiger partial charge on any atom is -0.361 e. The van der Waals surface area contributed by atoms with Crippen LogP contribution in [0.4, 0.5) is 0 Å². The van der Waals surface area contributed by atoms with Crippen molar-refractivity contribution in [2.24, 2.45) is 11.8 Å². The summed E-state index contributed by atoms with van der Waals surface area (Å²) in [5.74, 6) is -1.84. The topological polar surface area (TPSA) is 146 Å². The van der Waals surface area contributed by atoms with Gasteiger partial charge in [0, 0.05) is 19.9 Å². The van der Waals surface area contributed by atoms with Crippen LogP contribution in [0.15, 0.2) is 0 Å². The molecule has 1 saturated heterocycles. The van der Waals surface area contributed by atoms with E-state index in [0.29, 0.717) is 19.4 Å². The summed E-state index contributed by atoms with van der Waals surface area (Å²) in [5, 5.41) is 10.8. The van der Waals surface area contributed by atoms with Gasteiger partial charge in [0.1, 0.15) is 17.7 Å². The SMILES string of the molecule is CCCCCC(=O)NC(C(=O)NC(CCC(=O)NC)C(=O)NC(CC(C)C)C(=O)C1(C)CO1)C(C)C. The average molecular weight is 511 g/mol. The first kappa shape index (κ1) is 31.5. The number of hydrogen-bond acceptors (Lipinski definition) is 6. The molecule has 1 heterocycles. The molecule has 0 aliphatic carbocycles. The van der Waals surface area contributed by atoms with Crippen LogP contribution in [0.3, 0.4) is 0 Å². The van der Waals surface area contributed by atoms with E-state index in [1.165, 1.54) is 7.05 Å². The first-order valence-electron chi connectivity index (χ1n) is 13.1. The predicted octanol–water partition coefficient (Wildman–Crippen LogP) is 1.61. The van der Waals surface area contributed by atoms with Crippen molar-refractivity contribution in [3.8, 4) is 0 Å². The summed E-state index contributed by atoms with van der Waals surface area (Å²) >= 11 is 0. The van der Waals surface area contributed by atoms with E-state index in [4.69, 9.17) is 4.74 Å². The number of ketones is 1. The second-order valence-corrected chi connectivity index (χ2v) is 10.6. The normalized spacial score (nSPS) is 19.2. The van der Waals surface area contributed by atoms with Crippen molar-refractivity contribution in [3.05, 3.63) is 0 Å². The van der Waals surface area contributed by atoms with Gasteiger partial charge in [-0.05, 0) is 38.0 Å². The van der Waals surface area contributed by atoms with Gasteiger partial charge >= 0.3 is 0 Å². The van der Waals surface area contributed by atoms with Crippen LogP contribution in [-0.2, 0) is 28.7 Å². The van der Waals surface area contributed by atoms with E-state index < -0.39 is 35.5 Å². The lowest BCUT2D eigenvalue weighted by Crippen LogP contribution is -2.57. The quantitative estimate of drug-likeness (QED) is 0.173. The summed E-state index contributed by atoms with van der Waals surface area (Å²) in [6, 6.07) is -2.66. The van der Waals surface area contributed by atoms with Crippen LogP contribution in [0, 0.1) is 11.8 Å². The number of unbranched alkanes of at least 4 members (excludes halogenated alkanes) is 2. The van der Waals surface area contributed by atoms with Crippen molar-refractivity contribution >= 4 is 29.4 Å². The largest absolute Gasteiger partial charge is 0.361 e. The summed E-state index contributed by atoms with van der Waals surface area (Å²) < 4.78 is 5.29. The highest BCUT2D eigenvalue weighted by Gasteiger charge is 2.50. The average Bonchev–Trinajstić information content (AvgIpc) is 3.56. The van der Waals surface area contributed by atoms with Gasteiger partial charge in [0.25, 0.3) is 0 Å². The van der Waals surface area contributed by atoms with Crippen LogP contribution >= 0.6 is 0 Å². The summed E-state index contributed by atoms with van der Waals surface area (Å²) in [4.78, 5) is 63.6. The first-order valence-corrected chi connectivity index (χ1v) is 13.1. The van der Waals surface area contributed by atoms with Gasteiger partial charge in [-0.15, -0.1) is 0 Å². The van der Waals surface area contributed by atoms with E-state index in [1.807, 2.05) is 34.6 Å². The Morgan fingerprint density at radius 1 is 0.861 bits per heavy atom. The number of hydrogen-bond donors (Lipinski definition) is 4. The molecule has 36 heavy (non-hydrogen) atoms. The molecule has 1 rings (SSSR count). The number of nitrogens with one attached hydrogen (secondary N) is 4. The first-order chi connectivity index (χ1) is 16.8. The van der Waals surface area contributed by atoms with Crippen molar-refractivity contribution in [2.45, 2.75) is 110 Å². The highest BCUT2D eigenvalue weighted by Crippen LogP contribution is 2.29. The third kappa shape index (κ3) is 10.6. The molecule has 0 aromatic rings. The minimum atomic E-state index is -1.05. The van der Waals surface area contributed by atoms with Gasteiger partial charge in [-0.3, -0.25) is 24.0 Å². The molecule has 1 aliphatic rings. The number of carbonyl (C=O) groups is 5. The third-order valence-corrected chi connectivity index (χ3v) is 6.28. The van der Waals surface area contributed by atoms with E-state index in [1.54, 1.807) is 6.92 Å². The molecule has 0 aromatic heterocycles. The van der Waals surface area contributed by atoms with Gasteiger partial charge < -0.3 is 26.0 Å². The number of epoxide rings is 1. The maximum Gasteiger partial charge on any atom is 0.243 e. The molecule has 4 amide bonds. The summed E-state index contributed by atoms with van der Waals surface area (Å²) in [7, 11) is 1.49. The van der Waals surface area contributed by atoms with Gasteiger partial charge in [0.05, 0.1) is 12.6 Å². The fourth-order valence-corrected chi connectivity index (χ4v) is 3.84. The monoisotopic (exact) mass is 510 g/mol. The third-order valence-electron chi connectivity index (χ3n) is 6.28. The highest BCUT2D eigenvalue weighted by atomic mass is 16.6. The Hall–Kier alpha value is -2.49. The minimum absolute atomic E-state index is 0.00814. The molecule has 0 aromatic carbocycles. The molecule has 4 unspecified atom stereocenters. The second-order valence-electron chi connectivity index (χ2n) is 10.6. The molecule has 1 aliphatic heterocycles. The van der Waals surface area contributed by atoms with E-state index in [-0.39, 0.29) is 42.3 Å². The van der Waals surface area contributed by atoms with Crippen LogP contribution in [0.5, 0.6) is 0 Å². The number of carbonyl (C=O) groups excluding carboxylic acids is 5. The van der Waals surface area contributed by atoms with Gasteiger partial charge in [-0.25, -0.2) is 0 Å². The maximum atomic E-state index is 13.3. The molecule has 1 fully saturated rings. The van der Waals surface area contributed by atoms with Gasteiger partial charge in [-0.1, -0.05) is 47.5 Å². The Balaban J connectivity index is 2.99. The Morgan fingerprint density at radius 2 is 1.47 bits per heavy atom. The molecule has 10 nitrogen and oxygen atoms in total. The molecule has 4 N–H and O–H groups in total. The van der Waals surface area contributed by atoms with Crippen molar-refractivity contribution in [1.82, 2.24) is 21.3 Å². The number of rotatable bonds is 17. The van der Waals surface area contributed by atoms with Crippen LogP contribution in [0.2, 0.25) is 0 Å². The molecule has 0 radical (unpaired) electrons. The van der Waals surface area contributed by atoms with E-state index in [2.05, 4.69) is 21.3 Å². The highest BCUT2D eigenvalue weighted by molar-refractivity contribution is 5.98. The van der Waals surface area contributed by atoms with Gasteiger partial charge in [-0.2, -0.15) is 0 Å². The lowest BCUT2D eigenvalue weighted by molar-refractivity contribution is -0.135. The lowest BCUT2D eigenvalue weighted by atomic mass is 9.93.